The smallest absolute Gasteiger partial charge is 0.370 e. The summed E-state index contributed by atoms with van der Waals surface area (Å²) in [6.07, 6.45) is 0.222. The Hall–Kier alpha value is -1.80. The lowest BCUT2D eigenvalue weighted by molar-refractivity contribution is -0.686. The van der Waals surface area contributed by atoms with Crippen LogP contribution in [0, 0.1) is 21.3 Å². The summed E-state index contributed by atoms with van der Waals surface area (Å²) in [7, 11) is 0. The normalized spacial score (nSPS) is 8.50. The van der Waals surface area contributed by atoms with Crippen molar-refractivity contribution in [1.29, 1.82) is 0 Å². The van der Waals surface area contributed by atoms with Gasteiger partial charge < -0.3 is 17.6 Å². The molecule has 2 N–H and O–H groups in total. The van der Waals surface area contributed by atoms with Crippen LogP contribution in [0.15, 0.2) is 21.8 Å². The fourth-order valence-corrected chi connectivity index (χ4v) is 2.26. The van der Waals surface area contributed by atoms with Crippen LogP contribution in [0.3, 0.4) is 0 Å². The molecule has 0 aliphatic rings. The molecule has 22 heavy (non-hydrogen) atoms. The molecule has 0 aliphatic carbocycles. The fourth-order valence-electron chi connectivity index (χ4n) is 0.934. The third-order valence-corrected chi connectivity index (χ3v) is 3.60. The molecule has 0 radical (unpaired) electrons. The summed E-state index contributed by atoms with van der Waals surface area (Å²) in [4.78, 5) is 23.5. The van der Waals surface area contributed by atoms with Gasteiger partial charge in [0.05, 0.1) is 10.9 Å². The molecule has 2 aromatic heterocycles. The summed E-state index contributed by atoms with van der Waals surface area (Å²) in [5.74, 6) is -1.54. The number of hydrogen-bond donors (Lipinski definition) is 2. The van der Waals surface area contributed by atoms with E-state index in [-0.39, 0.29) is 20.4 Å². The van der Waals surface area contributed by atoms with Gasteiger partial charge in [-0.2, -0.15) is 4.57 Å². The van der Waals surface area contributed by atoms with E-state index in [0.717, 1.165) is 11.4 Å². The van der Waals surface area contributed by atoms with Gasteiger partial charge in [-0.3, -0.25) is 9.78 Å². The second kappa shape index (κ2) is 12.9. The maximum atomic E-state index is 10.2. The summed E-state index contributed by atoms with van der Waals surface area (Å²) >= 11 is 3.14. The van der Waals surface area contributed by atoms with Crippen molar-refractivity contribution >= 4 is 34.6 Å². The van der Waals surface area contributed by atoms with Crippen molar-refractivity contribution in [3.05, 3.63) is 40.6 Å². The third kappa shape index (κ3) is 12.0. The molecular formula is C14H22N2O4S2. The lowest BCUT2D eigenvalue weighted by Crippen LogP contribution is -2.37. The van der Waals surface area contributed by atoms with Gasteiger partial charge in [0.15, 0.2) is 5.69 Å². The Morgan fingerprint density at radius 2 is 1.77 bits per heavy atom. The number of aliphatic carboxylic acids is 2. The molecule has 8 heteroatoms. The largest absolute Gasteiger partial charge is 0.481 e. The molecule has 2 rings (SSSR count). The summed E-state index contributed by atoms with van der Waals surface area (Å²) in [5, 5.41) is 20.0. The first kappa shape index (κ1) is 22.5. The molecule has 0 aromatic carbocycles. The predicted molar refractivity (Wildman–Crippen MR) is 88.1 cm³/mol. The van der Waals surface area contributed by atoms with E-state index in [4.69, 9.17) is 10.2 Å². The van der Waals surface area contributed by atoms with Gasteiger partial charge in [-0.05, 0) is 6.92 Å². The van der Waals surface area contributed by atoms with E-state index in [1.807, 2.05) is 30.1 Å². The first-order chi connectivity index (χ1) is 9.86. The van der Waals surface area contributed by atoms with Gasteiger partial charge in [-0.15, -0.1) is 11.3 Å². The Bertz CT molecular complexity index is 539. The highest BCUT2D eigenvalue weighted by Crippen LogP contribution is 1.96. The zero-order valence-electron chi connectivity index (χ0n) is 13.1. The van der Waals surface area contributed by atoms with Crippen LogP contribution in [-0.4, -0.2) is 27.1 Å². The molecule has 0 aliphatic heterocycles. The fraction of sp³-hybridized carbons (Fsp3) is 0.357. The molecule has 0 bridgehead atoms. The first-order valence-electron chi connectivity index (χ1n) is 6.07. The summed E-state index contributed by atoms with van der Waals surface area (Å²) in [5.41, 5.74) is 5.73. The number of hydrogen-bond acceptors (Lipinski definition) is 5. The van der Waals surface area contributed by atoms with Crippen LogP contribution in [-0.2, 0) is 16.1 Å². The summed E-state index contributed by atoms with van der Waals surface area (Å²) in [6.45, 7) is 5.54. The molecular weight excluding hydrogens is 324 g/mol. The number of carboxylic acids is 2. The van der Waals surface area contributed by atoms with Crippen LogP contribution >= 0.6 is 22.7 Å². The van der Waals surface area contributed by atoms with Crippen molar-refractivity contribution in [2.75, 3.05) is 0 Å². The molecule has 0 atom stereocenters. The third-order valence-electron chi connectivity index (χ3n) is 2.04. The van der Waals surface area contributed by atoms with Gasteiger partial charge in [0.2, 0.25) is 12.1 Å². The minimum Gasteiger partial charge on any atom is -0.481 e. The number of nitrogens with zero attached hydrogens (tertiary/aromatic N) is 2. The van der Waals surface area contributed by atoms with Crippen molar-refractivity contribution in [1.82, 2.24) is 4.98 Å². The van der Waals surface area contributed by atoms with E-state index in [9.17, 15) is 9.59 Å². The SMILES string of the molecule is CCC(=O)O.Cc1csc[n+]1CC(=O)O.Cc1cscn1.[CH3-]. The standard InChI is InChI=1S/C6H7NO2S.C4H5NS.C3H6O2.CH3/c1-5-3-10-4-7(5)2-6(8)9;1-4-2-6-3-5-4;1-2-3(4)5;/h3-4H,2H2,1H3;2-3H,1H3;2H2,1H3,(H,4,5);1H3/q;;;-1/p+1. The van der Waals surface area contributed by atoms with Crippen LogP contribution in [0.2, 0.25) is 0 Å². The van der Waals surface area contributed by atoms with E-state index < -0.39 is 11.9 Å². The second-order valence-electron chi connectivity index (χ2n) is 3.90. The van der Waals surface area contributed by atoms with Crippen molar-refractivity contribution in [3.8, 4) is 0 Å². The number of aryl methyl sites for hydroxylation is 2. The Balaban J connectivity index is 0. The number of aromatic nitrogens is 2. The number of thiazole rings is 2. The van der Waals surface area contributed by atoms with E-state index in [2.05, 4.69) is 4.98 Å². The molecule has 0 saturated carbocycles. The molecule has 2 aromatic rings. The lowest BCUT2D eigenvalue weighted by atomic mass is 10.5. The predicted octanol–water partition coefficient (Wildman–Crippen LogP) is 2.81. The Kier molecular flexibility index (Phi) is 13.2. The van der Waals surface area contributed by atoms with E-state index in [1.54, 1.807) is 28.3 Å². The molecule has 0 fully saturated rings. The van der Waals surface area contributed by atoms with Gasteiger partial charge in [-0.1, -0.05) is 18.3 Å². The first-order valence-corrected chi connectivity index (χ1v) is 7.96. The number of rotatable bonds is 3. The quantitative estimate of drug-likeness (QED) is 0.659. The Morgan fingerprint density at radius 1 is 1.18 bits per heavy atom. The molecule has 2 heterocycles. The average Bonchev–Trinajstić information content (AvgIpc) is 3.03. The molecule has 6 nitrogen and oxygen atoms in total. The average molecular weight is 346 g/mol. The molecule has 0 unspecified atom stereocenters. The van der Waals surface area contributed by atoms with E-state index >= 15 is 0 Å². The van der Waals surface area contributed by atoms with Crippen molar-refractivity contribution in [2.45, 2.75) is 33.7 Å². The molecule has 0 spiro atoms. The van der Waals surface area contributed by atoms with Crippen LogP contribution in [0.1, 0.15) is 24.7 Å². The second-order valence-corrected chi connectivity index (χ2v) is 5.34. The van der Waals surface area contributed by atoms with Crippen molar-refractivity contribution in [3.63, 3.8) is 0 Å². The van der Waals surface area contributed by atoms with Gasteiger partial charge in [0.1, 0.15) is 0 Å². The number of carboxylic acid groups (broad SMARTS) is 2. The van der Waals surface area contributed by atoms with Gasteiger partial charge in [-0.25, -0.2) is 4.79 Å². The molecule has 0 amide bonds. The highest BCUT2D eigenvalue weighted by molar-refractivity contribution is 7.07. The minimum atomic E-state index is -0.800. The maximum absolute atomic E-state index is 10.2. The van der Waals surface area contributed by atoms with Crippen LogP contribution < -0.4 is 4.57 Å². The van der Waals surface area contributed by atoms with Gasteiger partial charge >= 0.3 is 11.9 Å². The maximum Gasteiger partial charge on any atom is 0.370 e. The van der Waals surface area contributed by atoms with Crippen molar-refractivity contribution in [2.24, 2.45) is 0 Å². The van der Waals surface area contributed by atoms with E-state index in [0.29, 0.717) is 0 Å². The Morgan fingerprint density at radius 3 is 2.00 bits per heavy atom. The van der Waals surface area contributed by atoms with Gasteiger partial charge in [0, 0.05) is 24.4 Å². The Labute approximate surface area is 138 Å². The highest BCUT2D eigenvalue weighted by atomic mass is 32.1. The monoisotopic (exact) mass is 346 g/mol. The van der Waals surface area contributed by atoms with Crippen LogP contribution in [0.5, 0.6) is 0 Å². The summed E-state index contributed by atoms with van der Waals surface area (Å²) in [6, 6.07) is 0. The van der Waals surface area contributed by atoms with Crippen LogP contribution in [0.4, 0.5) is 0 Å². The van der Waals surface area contributed by atoms with Crippen LogP contribution in [0.25, 0.3) is 0 Å². The number of carbonyl (C=O) groups is 2. The topological polar surface area (TPSA) is 91.4 Å². The highest BCUT2D eigenvalue weighted by Gasteiger charge is 2.10. The van der Waals surface area contributed by atoms with Gasteiger partial charge in [0.25, 0.3) is 0 Å². The lowest BCUT2D eigenvalue weighted by Gasteiger charge is -1.86. The van der Waals surface area contributed by atoms with E-state index in [1.165, 1.54) is 11.3 Å². The zero-order valence-corrected chi connectivity index (χ0v) is 14.8. The molecule has 0 saturated heterocycles. The minimum absolute atomic E-state index is 0. The zero-order chi connectivity index (χ0) is 16.3. The molecule has 124 valence electrons. The van der Waals surface area contributed by atoms with Crippen molar-refractivity contribution < 1.29 is 24.4 Å². The summed E-state index contributed by atoms with van der Waals surface area (Å²) < 4.78 is 1.70.